The molecule has 0 heterocycles. The van der Waals surface area contributed by atoms with Crippen LogP contribution in [0.25, 0.3) is 0 Å². The summed E-state index contributed by atoms with van der Waals surface area (Å²) in [6.45, 7) is 10.1. The fourth-order valence-corrected chi connectivity index (χ4v) is 2.52. The normalized spacial score (nSPS) is 11.8. The quantitative estimate of drug-likeness (QED) is 0.641. The maximum Gasteiger partial charge on any atom is 0.316 e. The fourth-order valence-electron chi connectivity index (χ4n) is 1.67. The molecule has 0 saturated carbocycles. The molecule has 0 amide bonds. The van der Waals surface area contributed by atoms with E-state index < -0.39 is 5.60 Å². The van der Waals surface area contributed by atoms with Crippen molar-refractivity contribution in [1.82, 2.24) is 5.32 Å². The van der Waals surface area contributed by atoms with Crippen molar-refractivity contribution in [3.8, 4) is 0 Å². The van der Waals surface area contributed by atoms with Gasteiger partial charge in [0.25, 0.3) is 0 Å². The molecule has 1 aromatic rings. The van der Waals surface area contributed by atoms with Crippen LogP contribution in [0.4, 0.5) is 4.39 Å². The van der Waals surface area contributed by atoms with Gasteiger partial charge >= 0.3 is 5.97 Å². The molecular formula is C16H24FNO2S. The number of rotatable bonds is 6. The standard InChI is InChI=1S/C16H24FNO2S/c1-11(2)18-9-12-7-6-8-13(17)15(12)21-10-14(19)20-16(3,4)5/h6-8,11,18H,9-10H2,1-5H3. The van der Waals surface area contributed by atoms with Crippen molar-refractivity contribution in [3.05, 3.63) is 29.6 Å². The maximum absolute atomic E-state index is 14.0. The SMILES string of the molecule is CC(C)NCc1cccc(F)c1SCC(=O)OC(C)(C)C. The molecule has 1 rings (SSSR count). The first-order valence-corrected chi connectivity index (χ1v) is 8.03. The maximum atomic E-state index is 14.0. The molecule has 0 unspecified atom stereocenters. The van der Waals surface area contributed by atoms with Crippen molar-refractivity contribution in [1.29, 1.82) is 0 Å². The molecule has 0 aromatic heterocycles. The molecule has 0 radical (unpaired) electrons. The molecule has 0 aliphatic heterocycles. The summed E-state index contributed by atoms with van der Waals surface area (Å²) >= 11 is 1.18. The Labute approximate surface area is 130 Å². The van der Waals surface area contributed by atoms with Gasteiger partial charge in [-0.15, -0.1) is 11.8 Å². The summed E-state index contributed by atoms with van der Waals surface area (Å²) < 4.78 is 19.2. The van der Waals surface area contributed by atoms with Crippen LogP contribution >= 0.6 is 11.8 Å². The van der Waals surface area contributed by atoms with Crippen LogP contribution in [0.5, 0.6) is 0 Å². The Morgan fingerprint density at radius 2 is 2.05 bits per heavy atom. The number of thioether (sulfide) groups is 1. The number of carbonyl (C=O) groups excluding carboxylic acids is 1. The first kappa shape index (κ1) is 18.0. The lowest BCUT2D eigenvalue weighted by molar-refractivity contribution is -0.151. The molecule has 0 atom stereocenters. The molecule has 118 valence electrons. The average molecular weight is 313 g/mol. The second-order valence-electron chi connectivity index (χ2n) is 6.14. The van der Waals surface area contributed by atoms with E-state index in [0.717, 1.165) is 5.56 Å². The second kappa shape index (κ2) is 7.80. The summed E-state index contributed by atoms with van der Waals surface area (Å²) in [7, 11) is 0. The second-order valence-corrected chi connectivity index (χ2v) is 7.12. The summed E-state index contributed by atoms with van der Waals surface area (Å²) in [5.41, 5.74) is 0.340. The van der Waals surface area contributed by atoms with E-state index in [1.54, 1.807) is 6.07 Å². The van der Waals surface area contributed by atoms with Gasteiger partial charge in [-0.1, -0.05) is 26.0 Å². The number of halogens is 1. The molecule has 0 aliphatic rings. The van der Waals surface area contributed by atoms with Gasteiger partial charge in [-0.2, -0.15) is 0 Å². The Balaban J connectivity index is 2.71. The largest absolute Gasteiger partial charge is 0.459 e. The Morgan fingerprint density at radius 3 is 2.62 bits per heavy atom. The van der Waals surface area contributed by atoms with E-state index in [2.05, 4.69) is 5.32 Å². The molecule has 0 spiro atoms. The number of ether oxygens (including phenoxy) is 1. The Bertz CT molecular complexity index is 484. The number of benzene rings is 1. The topological polar surface area (TPSA) is 38.3 Å². The number of esters is 1. The number of hydrogen-bond acceptors (Lipinski definition) is 4. The first-order valence-electron chi connectivity index (χ1n) is 7.04. The van der Waals surface area contributed by atoms with Crippen LogP contribution in [0.2, 0.25) is 0 Å². The van der Waals surface area contributed by atoms with Crippen LogP contribution < -0.4 is 5.32 Å². The van der Waals surface area contributed by atoms with Crippen LogP contribution in [-0.4, -0.2) is 23.4 Å². The van der Waals surface area contributed by atoms with Crippen LogP contribution in [-0.2, 0) is 16.1 Å². The summed E-state index contributed by atoms with van der Waals surface area (Å²) in [4.78, 5) is 12.3. The minimum atomic E-state index is -0.519. The molecule has 1 aromatic carbocycles. The van der Waals surface area contributed by atoms with Crippen molar-refractivity contribution < 1.29 is 13.9 Å². The average Bonchev–Trinajstić information content (AvgIpc) is 2.32. The lowest BCUT2D eigenvalue weighted by Crippen LogP contribution is -2.25. The van der Waals surface area contributed by atoms with E-state index in [4.69, 9.17) is 4.74 Å². The van der Waals surface area contributed by atoms with Gasteiger partial charge in [0.2, 0.25) is 0 Å². The van der Waals surface area contributed by atoms with Gasteiger partial charge in [-0.3, -0.25) is 4.79 Å². The highest BCUT2D eigenvalue weighted by molar-refractivity contribution is 8.00. The minimum Gasteiger partial charge on any atom is -0.459 e. The molecule has 0 aliphatic carbocycles. The fraction of sp³-hybridized carbons (Fsp3) is 0.562. The number of nitrogens with one attached hydrogen (secondary N) is 1. The molecular weight excluding hydrogens is 289 g/mol. The van der Waals surface area contributed by atoms with Crippen LogP contribution in [0.3, 0.4) is 0 Å². The van der Waals surface area contributed by atoms with E-state index in [9.17, 15) is 9.18 Å². The highest BCUT2D eigenvalue weighted by Crippen LogP contribution is 2.26. The molecule has 3 nitrogen and oxygen atoms in total. The van der Waals surface area contributed by atoms with Crippen LogP contribution in [0.15, 0.2) is 23.1 Å². The third kappa shape index (κ3) is 6.96. The molecule has 0 fully saturated rings. The lowest BCUT2D eigenvalue weighted by Gasteiger charge is -2.19. The van der Waals surface area contributed by atoms with Gasteiger partial charge < -0.3 is 10.1 Å². The molecule has 1 N–H and O–H groups in total. The van der Waals surface area contributed by atoms with Gasteiger partial charge in [0.15, 0.2) is 0 Å². The van der Waals surface area contributed by atoms with Crippen molar-refractivity contribution in [3.63, 3.8) is 0 Å². The smallest absolute Gasteiger partial charge is 0.316 e. The number of carbonyl (C=O) groups is 1. The van der Waals surface area contributed by atoms with E-state index in [1.807, 2.05) is 40.7 Å². The summed E-state index contributed by atoms with van der Waals surface area (Å²) in [6.07, 6.45) is 0. The van der Waals surface area contributed by atoms with Crippen molar-refractivity contribution in [2.24, 2.45) is 0 Å². The Morgan fingerprint density at radius 1 is 1.38 bits per heavy atom. The third-order valence-electron chi connectivity index (χ3n) is 2.50. The highest BCUT2D eigenvalue weighted by atomic mass is 32.2. The van der Waals surface area contributed by atoms with Gasteiger partial charge in [0.1, 0.15) is 11.4 Å². The first-order chi connectivity index (χ1) is 9.69. The van der Waals surface area contributed by atoms with Crippen molar-refractivity contribution >= 4 is 17.7 Å². The van der Waals surface area contributed by atoms with Crippen LogP contribution in [0.1, 0.15) is 40.2 Å². The summed E-state index contributed by atoms with van der Waals surface area (Å²) in [6, 6.07) is 5.29. The zero-order valence-electron chi connectivity index (χ0n) is 13.3. The van der Waals surface area contributed by atoms with Gasteiger partial charge in [-0.05, 0) is 32.4 Å². The molecule has 21 heavy (non-hydrogen) atoms. The summed E-state index contributed by atoms with van der Waals surface area (Å²) in [5.74, 6) is -0.530. The summed E-state index contributed by atoms with van der Waals surface area (Å²) in [5, 5.41) is 3.26. The van der Waals surface area contributed by atoms with Gasteiger partial charge in [0, 0.05) is 17.5 Å². The Hall–Kier alpha value is -1.07. The lowest BCUT2D eigenvalue weighted by atomic mass is 10.2. The van der Waals surface area contributed by atoms with E-state index >= 15 is 0 Å². The zero-order valence-corrected chi connectivity index (χ0v) is 14.1. The monoisotopic (exact) mass is 313 g/mol. The molecule has 5 heteroatoms. The molecule has 0 saturated heterocycles. The van der Waals surface area contributed by atoms with Gasteiger partial charge in [0.05, 0.1) is 5.75 Å². The van der Waals surface area contributed by atoms with Crippen molar-refractivity contribution in [2.45, 2.75) is 57.7 Å². The zero-order chi connectivity index (χ0) is 16.0. The third-order valence-corrected chi connectivity index (χ3v) is 3.63. The predicted molar refractivity (Wildman–Crippen MR) is 84.9 cm³/mol. The van der Waals surface area contributed by atoms with Gasteiger partial charge in [-0.25, -0.2) is 4.39 Å². The highest BCUT2D eigenvalue weighted by Gasteiger charge is 2.18. The van der Waals surface area contributed by atoms with E-state index in [0.29, 0.717) is 17.5 Å². The Kier molecular flexibility index (Phi) is 6.68. The van der Waals surface area contributed by atoms with E-state index in [-0.39, 0.29) is 17.5 Å². The predicted octanol–water partition coefficient (Wildman–Crippen LogP) is 3.76. The minimum absolute atomic E-state index is 0.104. The van der Waals surface area contributed by atoms with E-state index in [1.165, 1.54) is 17.8 Å². The molecule has 0 bridgehead atoms. The van der Waals surface area contributed by atoms with Crippen LogP contribution in [0, 0.1) is 5.82 Å². The van der Waals surface area contributed by atoms with Crippen molar-refractivity contribution in [2.75, 3.05) is 5.75 Å². The number of hydrogen-bond donors (Lipinski definition) is 1.